The summed E-state index contributed by atoms with van der Waals surface area (Å²) in [5.74, 6) is 0.511. The summed E-state index contributed by atoms with van der Waals surface area (Å²) in [7, 11) is 1.85. The van der Waals surface area contributed by atoms with Crippen molar-refractivity contribution in [2.24, 2.45) is 7.05 Å². The Morgan fingerprint density at radius 1 is 1.17 bits per heavy atom. The fraction of sp³-hybridized carbons (Fsp3) is 0.278. The van der Waals surface area contributed by atoms with Gasteiger partial charge >= 0.3 is 0 Å². The third-order valence-electron chi connectivity index (χ3n) is 4.60. The molecule has 1 aliphatic heterocycles. The molecule has 0 bridgehead atoms. The molecule has 0 spiro atoms. The van der Waals surface area contributed by atoms with Crippen LogP contribution in [0.3, 0.4) is 0 Å². The van der Waals surface area contributed by atoms with Gasteiger partial charge in [0.1, 0.15) is 5.52 Å². The van der Waals surface area contributed by atoms with Gasteiger partial charge in [-0.1, -0.05) is 35.5 Å². The minimum atomic E-state index is 0.0796. The van der Waals surface area contributed by atoms with Crippen molar-refractivity contribution >= 4 is 16.9 Å². The van der Waals surface area contributed by atoms with E-state index in [2.05, 4.69) is 34.6 Å². The van der Waals surface area contributed by atoms with Crippen molar-refractivity contribution < 1.29 is 4.79 Å². The van der Waals surface area contributed by atoms with E-state index in [4.69, 9.17) is 0 Å². The maximum atomic E-state index is 12.7. The third kappa shape index (κ3) is 2.48. The Hall–Kier alpha value is -2.69. The van der Waals surface area contributed by atoms with Crippen molar-refractivity contribution in [2.45, 2.75) is 12.3 Å². The van der Waals surface area contributed by atoms with Gasteiger partial charge in [-0.15, -0.1) is 5.10 Å². The summed E-state index contributed by atoms with van der Waals surface area (Å²) in [4.78, 5) is 14.7. The molecule has 1 aliphatic rings. The zero-order chi connectivity index (χ0) is 15.8. The van der Waals surface area contributed by atoms with Gasteiger partial charge in [-0.05, 0) is 30.2 Å². The molecule has 0 saturated carbocycles. The molecular weight excluding hydrogens is 288 g/mol. The lowest BCUT2D eigenvalue weighted by Crippen LogP contribution is -2.28. The van der Waals surface area contributed by atoms with Crippen LogP contribution in [0.1, 0.15) is 28.3 Å². The number of carbonyl (C=O) groups is 1. The van der Waals surface area contributed by atoms with E-state index in [9.17, 15) is 4.79 Å². The van der Waals surface area contributed by atoms with Gasteiger partial charge in [0.25, 0.3) is 5.91 Å². The highest BCUT2D eigenvalue weighted by atomic mass is 16.2. The van der Waals surface area contributed by atoms with Crippen molar-refractivity contribution in [1.82, 2.24) is 19.9 Å². The second-order valence-corrected chi connectivity index (χ2v) is 6.06. The molecule has 23 heavy (non-hydrogen) atoms. The second-order valence-electron chi connectivity index (χ2n) is 6.06. The van der Waals surface area contributed by atoms with Crippen LogP contribution in [0.4, 0.5) is 0 Å². The first kappa shape index (κ1) is 13.9. The van der Waals surface area contributed by atoms with Gasteiger partial charge in [0.2, 0.25) is 0 Å². The van der Waals surface area contributed by atoms with Crippen molar-refractivity contribution in [1.29, 1.82) is 0 Å². The SMILES string of the molecule is Cn1nnc2cc(C(=O)N3CC[C@H](c4ccccc4)C3)ccc21. The number of hydrogen-bond acceptors (Lipinski definition) is 3. The number of aryl methyl sites for hydroxylation is 1. The molecule has 1 atom stereocenters. The molecule has 5 nitrogen and oxygen atoms in total. The highest BCUT2D eigenvalue weighted by Gasteiger charge is 2.28. The molecule has 2 heterocycles. The summed E-state index contributed by atoms with van der Waals surface area (Å²) in [5.41, 5.74) is 3.70. The van der Waals surface area contributed by atoms with E-state index in [0.29, 0.717) is 11.5 Å². The molecule has 3 aromatic rings. The summed E-state index contributed by atoms with van der Waals surface area (Å²) in [5, 5.41) is 8.08. The smallest absolute Gasteiger partial charge is 0.253 e. The quantitative estimate of drug-likeness (QED) is 0.731. The number of fused-ring (bicyclic) bond motifs is 1. The lowest BCUT2D eigenvalue weighted by molar-refractivity contribution is 0.0791. The van der Waals surface area contributed by atoms with Crippen molar-refractivity contribution in [3.8, 4) is 0 Å². The number of likely N-dealkylation sites (tertiary alicyclic amines) is 1. The number of rotatable bonds is 2. The highest BCUT2D eigenvalue weighted by Crippen LogP contribution is 2.28. The number of hydrogen-bond donors (Lipinski definition) is 0. The lowest BCUT2D eigenvalue weighted by atomic mass is 9.99. The average molecular weight is 306 g/mol. The Balaban J connectivity index is 1.54. The van der Waals surface area contributed by atoms with Crippen LogP contribution in [0.5, 0.6) is 0 Å². The van der Waals surface area contributed by atoms with Crippen LogP contribution in [0, 0.1) is 0 Å². The third-order valence-corrected chi connectivity index (χ3v) is 4.60. The van der Waals surface area contributed by atoms with Crippen LogP contribution >= 0.6 is 0 Å². The lowest BCUT2D eigenvalue weighted by Gasteiger charge is -2.17. The molecule has 1 saturated heterocycles. The average Bonchev–Trinajstić information content (AvgIpc) is 3.22. The zero-order valence-electron chi connectivity index (χ0n) is 13.0. The molecule has 1 fully saturated rings. The van der Waals surface area contributed by atoms with Gasteiger partial charge in [0.15, 0.2) is 0 Å². The van der Waals surface area contributed by atoms with E-state index in [-0.39, 0.29) is 5.91 Å². The van der Waals surface area contributed by atoms with E-state index < -0.39 is 0 Å². The second kappa shape index (κ2) is 5.50. The van der Waals surface area contributed by atoms with Crippen LogP contribution in [0.2, 0.25) is 0 Å². The first-order valence-corrected chi connectivity index (χ1v) is 7.86. The van der Waals surface area contributed by atoms with Crippen molar-refractivity contribution in [3.05, 3.63) is 59.7 Å². The summed E-state index contributed by atoms with van der Waals surface area (Å²) in [6.07, 6.45) is 1.02. The minimum absolute atomic E-state index is 0.0796. The van der Waals surface area contributed by atoms with Gasteiger partial charge in [-0.25, -0.2) is 4.68 Å². The van der Waals surface area contributed by atoms with Crippen molar-refractivity contribution in [3.63, 3.8) is 0 Å². The monoisotopic (exact) mass is 306 g/mol. The number of aromatic nitrogens is 3. The fourth-order valence-corrected chi connectivity index (χ4v) is 3.30. The Morgan fingerprint density at radius 2 is 2.00 bits per heavy atom. The zero-order valence-corrected chi connectivity index (χ0v) is 13.0. The maximum Gasteiger partial charge on any atom is 0.253 e. The molecule has 0 N–H and O–H groups in total. The molecular formula is C18H18N4O. The Bertz CT molecular complexity index is 856. The van der Waals surface area contributed by atoms with Crippen molar-refractivity contribution in [2.75, 3.05) is 13.1 Å². The molecule has 5 heteroatoms. The normalized spacial score (nSPS) is 17.8. The number of amides is 1. The number of nitrogens with zero attached hydrogens (tertiary/aromatic N) is 4. The topological polar surface area (TPSA) is 51.0 Å². The summed E-state index contributed by atoms with van der Waals surface area (Å²) < 4.78 is 1.71. The molecule has 2 aromatic carbocycles. The van der Waals surface area contributed by atoms with E-state index in [1.807, 2.05) is 36.2 Å². The predicted molar refractivity (Wildman–Crippen MR) is 88.2 cm³/mol. The Labute approximate surface area is 134 Å². The van der Waals surface area contributed by atoms with Gasteiger partial charge in [0.05, 0.1) is 5.52 Å². The number of carbonyl (C=O) groups excluding carboxylic acids is 1. The van der Waals surface area contributed by atoms with Crippen LogP contribution in [-0.2, 0) is 7.05 Å². The largest absolute Gasteiger partial charge is 0.338 e. The van der Waals surface area contributed by atoms with E-state index in [0.717, 1.165) is 30.5 Å². The van der Waals surface area contributed by atoms with Gasteiger partial charge in [-0.3, -0.25) is 4.79 Å². The summed E-state index contributed by atoms with van der Waals surface area (Å²) >= 11 is 0. The first-order chi connectivity index (χ1) is 11.2. The van der Waals surface area contributed by atoms with E-state index in [1.165, 1.54) is 5.56 Å². The standard InChI is InChI=1S/C18H18N4O/c1-21-17-8-7-14(11-16(17)19-20-21)18(23)22-10-9-15(12-22)13-5-3-2-4-6-13/h2-8,11,15H,9-10,12H2,1H3/t15-/m0/s1. The summed E-state index contributed by atoms with van der Waals surface area (Å²) in [6.45, 7) is 1.58. The van der Waals surface area contributed by atoms with E-state index in [1.54, 1.807) is 4.68 Å². The molecule has 0 unspecified atom stereocenters. The first-order valence-electron chi connectivity index (χ1n) is 7.86. The molecule has 4 rings (SSSR count). The van der Waals surface area contributed by atoms with Gasteiger partial charge in [0, 0.05) is 31.6 Å². The fourth-order valence-electron chi connectivity index (χ4n) is 3.30. The van der Waals surface area contributed by atoms with E-state index >= 15 is 0 Å². The molecule has 0 aliphatic carbocycles. The molecule has 1 aromatic heterocycles. The number of benzene rings is 2. The van der Waals surface area contributed by atoms with Crippen LogP contribution in [0.25, 0.3) is 11.0 Å². The van der Waals surface area contributed by atoms with Gasteiger partial charge in [-0.2, -0.15) is 0 Å². The molecule has 0 radical (unpaired) electrons. The molecule has 1 amide bonds. The maximum absolute atomic E-state index is 12.7. The molecule has 116 valence electrons. The highest BCUT2D eigenvalue weighted by molar-refractivity contribution is 5.97. The predicted octanol–water partition coefficient (Wildman–Crippen LogP) is 2.60. The minimum Gasteiger partial charge on any atom is -0.338 e. The van der Waals surface area contributed by atoms with Gasteiger partial charge < -0.3 is 4.90 Å². The Kier molecular flexibility index (Phi) is 3.33. The van der Waals surface area contributed by atoms with Crippen LogP contribution < -0.4 is 0 Å². The Morgan fingerprint density at radius 3 is 2.83 bits per heavy atom. The van der Waals surface area contributed by atoms with Crippen LogP contribution in [-0.4, -0.2) is 38.9 Å². The van der Waals surface area contributed by atoms with Crippen LogP contribution in [0.15, 0.2) is 48.5 Å². The summed E-state index contributed by atoms with van der Waals surface area (Å²) in [6, 6.07) is 16.0.